The van der Waals surface area contributed by atoms with Crippen LogP contribution in [0.15, 0.2) is 0 Å². The second-order valence-corrected chi connectivity index (χ2v) is 4.58. The van der Waals surface area contributed by atoms with Crippen LogP contribution in [-0.2, 0) is 4.74 Å². The van der Waals surface area contributed by atoms with Gasteiger partial charge in [-0.25, -0.2) is 0 Å². The van der Waals surface area contributed by atoms with E-state index in [1.807, 2.05) is 27.7 Å². The minimum Gasteiger partial charge on any atom is -0.402 e. The van der Waals surface area contributed by atoms with Gasteiger partial charge in [0.25, 0.3) is 0 Å². The van der Waals surface area contributed by atoms with E-state index in [9.17, 15) is 5.11 Å². The molecule has 0 saturated heterocycles. The van der Waals surface area contributed by atoms with Gasteiger partial charge in [-0.3, -0.25) is 0 Å². The molecular weight excluding hydrogens is 199 g/mol. The molecule has 0 heterocycles. The first-order valence-corrected chi connectivity index (χ1v) is 4.84. The normalized spacial score (nSPS) is 12.2. The lowest BCUT2D eigenvalue weighted by molar-refractivity contribution is -0.166. The first kappa shape index (κ1) is 17.3. The van der Waals surface area contributed by atoms with Gasteiger partial charge in [-0.15, -0.1) is 0 Å². The smallest absolute Gasteiger partial charge is 0.402 e. The highest BCUT2D eigenvalue weighted by Gasteiger charge is 2.36. The van der Waals surface area contributed by atoms with Crippen molar-refractivity contribution in [1.29, 1.82) is 0 Å². The monoisotopic (exact) mass is 222 g/mol. The molecule has 0 aromatic rings. The molecule has 5 nitrogen and oxygen atoms in total. The molecule has 0 saturated carbocycles. The molecule has 0 aliphatic heterocycles. The van der Waals surface area contributed by atoms with E-state index >= 15 is 0 Å². The van der Waals surface area contributed by atoms with E-state index < -0.39 is 18.5 Å². The van der Waals surface area contributed by atoms with E-state index in [1.165, 1.54) is 0 Å². The lowest BCUT2D eigenvalue weighted by atomic mass is 9.89. The molecule has 0 aromatic carbocycles. The molecular formula is C9H23BO5. The van der Waals surface area contributed by atoms with Crippen molar-refractivity contribution in [1.82, 2.24) is 0 Å². The fraction of sp³-hybridized carbons (Fsp3) is 1.00. The van der Waals surface area contributed by atoms with Gasteiger partial charge in [0.1, 0.15) is 0 Å². The Bertz CT molecular complexity index is 160. The maximum absolute atomic E-state index is 9.67. The zero-order valence-electron chi connectivity index (χ0n) is 10.4. The van der Waals surface area contributed by atoms with Crippen LogP contribution >= 0.6 is 0 Å². The molecule has 0 bridgehead atoms. The molecule has 4 N–H and O–H groups in total. The molecule has 6 heteroatoms. The Balaban J connectivity index is 0. The number of ether oxygens (including phenoxy) is 1. The third-order valence-electron chi connectivity index (χ3n) is 2.00. The Morgan fingerprint density at radius 1 is 1.00 bits per heavy atom. The van der Waals surface area contributed by atoms with Crippen LogP contribution in [0.1, 0.15) is 41.5 Å². The summed E-state index contributed by atoms with van der Waals surface area (Å²) in [5, 5.41) is 31.2. The van der Waals surface area contributed by atoms with E-state index in [2.05, 4.69) is 0 Å². The molecule has 15 heavy (non-hydrogen) atoms. The van der Waals surface area contributed by atoms with Crippen LogP contribution in [0.2, 0.25) is 0 Å². The number of hydrogen-bond donors (Lipinski definition) is 4. The van der Waals surface area contributed by atoms with Crippen molar-refractivity contribution in [3.05, 3.63) is 0 Å². The Morgan fingerprint density at radius 3 is 1.33 bits per heavy atom. The van der Waals surface area contributed by atoms with Gasteiger partial charge in [0.05, 0.1) is 17.3 Å². The molecule has 0 rings (SSSR count). The van der Waals surface area contributed by atoms with Gasteiger partial charge in [0, 0.05) is 0 Å². The van der Waals surface area contributed by atoms with Gasteiger partial charge in [0.2, 0.25) is 0 Å². The van der Waals surface area contributed by atoms with E-state index in [-0.39, 0.29) is 6.10 Å². The SMILES string of the molecule is CC(C)OC(C)(C)C(C)(C)O.OB(O)O. The van der Waals surface area contributed by atoms with Gasteiger partial charge in [-0.2, -0.15) is 0 Å². The van der Waals surface area contributed by atoms with Gasteiger partial charge >= 0.3 is 7.32 Å². The summed E-state index contributed by atoms with van der Waals surface area (Å²) in [4.78, 5) is 0. The fourth-order valence-electron chi connectivity index (χ4n) is 0.733. The summed E-state index contributed by atoms with van der Waals surface area (Å²) in [6.45, 7) is 11.2. The minimum absolute atomic E-state index is 0.149. The summed E-state index contributed by atoms with van der Waals surface area (Å²) in [6.07, 6.45) is 0.149. The second kappa shape index (κ2) is 6.45. The summed E-state index contributed by atoms with van der Waals surface area (Å²) in [5.74, 6) is 0. The van der Waals surface area contributed by atoms with Crippen molar-refractivity contribution in [3.8, 4) is 0 Å². The molecule has 0 radical (unpaired) electrons. The molecule has 0 aliphatic rings. The highest BCUT2D eigenvalue weighted by atomic mass is 16.5. The fourth-order valence-corrected chi connectivity index (χ4v) is 0.733. The van der Waals surface area contributed by atoms with Crippen molar-refractivity contribution >= 4 is 7.32 Å². The number of aliphatic hydroxyl groups is 1. The van der Waals surface area contributed by atoms with Crippen molar-refractivity contribution < 1.29 is 24.9 Å². The first-order chi connectivity index (χ1) is 6.40. The molecule has 0 atom stereocenters. The standard InChI is InChI=1S/C9H20O2.BH3O3/c1-7(2)11-9(5,6)8(3,4)10;2-1(3)4/h7,10H,1-6H3;2-4H. The third-order valence-corrected chi connectivity index (χ3v) is 2.00. The Morgan fingerprint density at radius 2 is 1.27 bits per heavy atom. The van der Waals surface area contributed by atoms with Crippen LogP contribution in [0.3, 0.4) is 0 Å². The van der Waals surface area contributed by atoms with E-state index in [0.717, 1.165) is 0 Å². The Hall–Kier alpha value is -0.135. The summed E-state index contributed by atoms with van der Waals surface area (Å²) in [7, 11) is -2.17. The lowest BCUT2D eigenvalue weighted by Crippen LogP contribution is -2.48. The van der Waals surface area contributed by atoms with Crippen molar-refractivity contribution in [3.63, 3.8) is 0 Å². The largest absolute Gasteiger partial charge is 0.631 e. The maximum Gasteiger partial charge on any atom is 0.631 e. The molecule has 92 valence electrons. The van der Waals surface area contributed by atoms with E-state index in [4.69, 9.17) is 19.8 Å². The van der Waals surface area contributed by atoms with Crippen molar-refractivity contribution in [2.24, 2.45) is 0 Å². The predicted octanol–water partition coefficient (Wildman–Crippen LogP) is -0.0909. The minimum atomic E-state index is -2.17. The molecule has 0 aromatic heterocycles. The van der Waals surface area contributed by atoms with Crippen LogP contribution in [0.5, 0.6) is 0 Å². The van der Waals surface area contributed by atoms with Crippen LogP contribution < -0.4 is 0 Å². The van der Waals surface area contributed by atoms with Gasteiger partial charge in [-0.1, -0.05) is 0 Å². The average Bonchev–Trinajstić information content (AvgIpc) is 1.78. The first-order valence-electron chi connectivity index (χ1n) is 4.84. The summed E-state index contributed by atoms with van der Waals surface area (Å²) < 4.78 is 5.55. The Kier molecular flexibility index (Phi) is 7.42. The summed E-state index contributed by atoms with van der Waals surface area (Å²) in [6, 6.07) is 0. The topological polar surface area (TPSA) is 90.2 Å². The number of rotatable bonds is 3. The van der Waals surface area contributed by atoms with E-state index in [0.29, 0.717) is 0 Å². The average molecular weight is 222 g/mol. The third kappa shape index (κ3) is 10.2. The van der Waals surface area contributed by atoms with E-state index in [1.54, 1.807) is 13.8 Å². The predicted molar refractivity (Wildman–Crippen MR) is 59.0 cm³/mol. The molecule has 0 aliphatic carbocycles. The molecule has 0 fully saturated rings. The molecule has 0 spiro atoms. The Labute approximate surface area is 91.9 Å². The van der Waals surface area contributed by atoms with Gasteiger partial charge < -0.3 is 24.9 Å². The summed E-state index contributed by atoms with van der Waals surface area (Å²) in [5.41, 5.74) is -1.28. The molecule has 0 amide bonds. The zero-order valence-corrected chi connectivity index (χ0v) is 10.4. The van der Waals surface area contributed by atoms with Crippen LogP contribution in [-0.4, -0.2) is 44.8 Å². The second-order valence-electron chi connectivity index (χ2n) is 4.58. The highest BCUT2D eigenvalue weighted by molar-refractivity contribution is 6.30. The highest BCUT2D eigenvalue weighted by Crippen LogP contribution is 2.26. The van der Waals surface area contributed by atoms with Crippen LogP contribution in [0.4, 0.5) is 0 Å². The number of hydrogen-bond acceptors (Lipinski definition) is 5. The van der Waals surface area contributed by atoms with Crippen LogP contribution in [0.25, 0.3) is 0 Å². The maximum atomic E-state index is 9.67. The summed E-state index contributed by atoms with van der Waals surface area (Å²) >= 11 is 0. The van der Waals surface area contributed by atoms with Crippen LogP contribution in [0, 0.1) is 0 Å². The quantitative estimate of drug-likeness (QED) is 0.501. The lowest BCUT2D eigenvalue weighted by Gasteiger charge is -2.38. The van der Waals surface area contributed by atoms with Gasteiger partial charge in [-0.05, 0) is 41.5 Å². The zero-order chi connectivity index (χ0) is 12.9. The van der Waals surface area contributed by atoms with Crippen molar-refractivity contribution in [2.75, 3.05) is 0 Å². The van der Waals surface area contributed by atoms with Gasteiger partial charge in [0.15, 0.2) is 0 Å². The molecule has 0 unspecified atom stereocenters. The van der Waals surface area contributed by atoms with Crippen molar-refractivity contribution in [2.45, 2.75) is 58.8 Å².